The topological polar surface area (TPSA) is 128 Å². The van der Waals surface area contributed by atoms with Crippen molar-refractivity contribution < 1.29 is 52.6 Å². The minimum Gasteiger partial charge on any atom is -0.463 e. The van der Waals surface area contributed by atoms with Crippen molar-refractivity contribution in [2.45, 2.75) is 245 Å². The van der Waals surface area contributed by atoms with Crippen molar-refractivity contribution in [3.63, 3.8) is 0 Å². The molecule has 1 N–H and O–H groups in total. The Hall–Kier alpha value is -1.34. The van der Waals surface area contributed by atoms with Gasteiger partial charge in [0.1, 0.15) is 12.2 Å². The molecule has 0 radical (unpaired) electrons. The van der Waals surface area contributed by atoms with Crippen LogP contribution >= 0.6 is 0 Å². The zero-order chi connectivity index (χ0) is 45.9. The zero-order valence-electron chi connectivity index (χ0n) is 41.7. The standard InChI is InChI=1S/C52H102O11/c1-5-8-11-14-18-24-31-48(4)62-51(54)34-27-21-17-23-30-38-61-50(47-60-45-44-58-43-42-57-41-40-56-39-36-53)46-59-37-29-22-16-20-28-35-52(55)63-49(32-25-13-10-7-3)33-26-19-15-12-9-6-2/h48-50,53H,5-47H2,1-4H3. The number of esters is 2. The molecule has 0 rings (SSSR count). The molecule has 0 aliphatic rings. The average molecular weight is 903 g/mol. The second-order valence-electron chi connectivity index (χ2n) is 17.6. The summed E-state index contributed by atoms with van der Waals surface area (Å²) in [5.74, 6) is -0.0809. The molecule has 0 aromatic carbocycles. The van der Waals surface area contributed by atoms with Crippen LogP contribution in [0.3, 0.4) is 0 Å². The lowest BCUT2D eigenvalue weighted by atomic mass is 10.0. The van der Waals surface area contributed by atoms with E-state index in [0.717, 1.165) is 103 Å². The van der Waals surface area contributed by atoms with E-state index in [0.29, 0.717) is 85.5 Å². The maximum atomic E-state index is 12.7. The number of aliphatic hydroxyl groups excluding tert-OH is 1. The number of unbranched alkanes of at least 4 members (excludes halogenated alkanes) is 21. The molecule has 63 heavy (non-hydrogen) atoms. The average Bonchev–Trinajstić information content (AvgIpc) is 3.27. The highest BCUT2D eigenvalue weighted by Crippen LogP contribution is 2.18. The fourth-order valence-electron chi connectivity index (χ4n) is 7.47. The molecule has 0 saturated heterocycles. The van der Waals surface area contributed by atoms with E-state index in [2.05, 4.69) is 20.8 Å². The lowest BCUT2D eigenvalue weighted by Gasteiger charge is -2.19. The highest BCUT2D eigenvalue weighted by atomic mass is 16.6. The quantitative estimate of drug-likeness (QED) is 0.0463. The molecule has 0 bridgehead atoms. The Kier molecular flexibility index (Phi) is 50.5. The summed E-state index contributed by atoms with van der Waals surface area (Å²) in [7, 11) is 0. The molecule has 3 atom stereocenters. The summed E-state index contributed by atoms with van der Waals surface area (Å²) >= 11 is 0. The molecule has 0 aliphatic carbocycles. The predicted molar refractivity (Wildman–Crippen MR) is 257 cm³/mol. The van der Waals surface area contributed by atoms with Gasteiger partial charge in [0.25, 0.3) is 0 Å². The van der Waals surface area contributed by atoms with E-state index < -0.39 is 0 Å². The molecule has 0 saturated carbocycles. The second kappa shape index (κ2) is 51.6. The third kappa shape index (κ3) is 48.4. The van der Waals surface area contributed by atoms with Crippen LogP contribution in [-0.4, -0.2) is 115 Å². The summed E-state index contributed by atoms with van der Waals surface area (Å²) in [6, 6.07) is 0. The van der Waals surface area contributed by atoms with E-state index in [1.807, 2.05) is 6.92 Å². The molecule has 11 heteroatoms. The minimum atomic E-state index is -0.150. The van der Waals surface area contributed by atoms with Crippen LogP contribution in [0.15, 0.2) is 0 Å². The van der Waals surface area contributed by atoms with Crippen molar-refractivity contribution in [3.8, 4) is 0 Å². The molecule has 0 amide bonds. The van der Waals surface area contributed by atoms with E-state index in [1.165, 1.54) is 83.5 Å². The van der Waals surface area contributed by atoms with Crippen molar-refractivity contribution in [1.82, 2.24) is 0 Å². The number of ether oxygens (including phenoxy) is 8. The summed E-state index contributed by atoms with van der Waals surface area (Å²) < 4.78 is 46.1. The molecule has 0 fully saturated rings. The van der Waals surface area contributed by atoms with E-state index >= 15 is 0 Å². The normalized spacial score (nSPS) is 13.0. The summed E-state index contributed by atoms with van der Waals surface area (Å²) in [4.78, 5) is 25.0. The van der Waals surface area contributed by atoms with Gasteiger partial charge in [-0.1, -0.05) is 143 Å². The van der Waals surface area contributed by atoms with Crippen molar-refractivity contribution in [2.75, 3.05) is 79.3 Å². The van der Waals surface area contributed by atoms with Crippen molar-refractivity contribution >= 4 is 11.9 Å². The van der Waals surface area contributed by atoms with Gasteiger partial charge in [0.15, 0.2) is 0 Å². The van der Waals surface area contributed by atoms with E-state index in [4.69, 9.17) is 43.0 Å². The molecule has 0 aliphatic heterocycles. The van der Waals surface area contributed by atoms with Gasteiger partial charge >= 0.3 is 11.9 Å². The van der Waals surface area contributed by atoms with Crippen LogP contribution < -0.4 is 0 Å². The highest BCUT2D eigenvalue weighted by Gasteiger charge is 2.15. The fourth-order valence-corrected chi connectivity index (χ4v) is 7.47. The Labute approximate surface area is 387 Å². The van der Waals surface area contributed by atoms with Crippen molar-refractivity contribution in [1.29, 1.82) is 0 Å². The van der Waals surface area contributed by atoms with Gasteiger partial charge in [-0.05, 0) is 71.1 Å². The number of hydrogen-bond acceptors (Lipinski definition) is 11. The monoisotopic (exact) mass is 903 g/mol. The first-order valence-corrected chi connectivity index (χ1v) is 26.5. The Morgan fingerprint density at radius 3 is 1.29 bits per heavy atom. The lowest BCUT2D eigenvalue weighted by Crippen LogP contribution is -2.27. The van der Waals surface area contributed by atoms with E-state index in [1.54, 1.807) is 0 Å². The van der Waals surface area contributed by atoms with Gasteiger partial charge in [0, 0.05) is 26.1 Å². The fraction of sp³-hybridized carbons (Fsp3) is 0.962. The third-order valence-corrected chi connectivity index (χ3v) is 11.4. The number of rotatable bonds is 53. The minimum absolute atomic E-state index is 0.0134. The number of carbonyl (C=O) groups is 2. The molecule has 0 aromatic rings. The number of carbonyl (C=O) groups excluding carboxylic acids is 2. The molecule has 11 nitrogen and oxygen atoms in total. The molecular weight excluding hydrogens is 801 g/mol. The van der Waals surface area contributed by atoms with Gasteiger partial charge in [-0.2, -0.15) is 0 Å². The smallest absolute Gasteiger partial charge is 0.306 e. The first-order chi connectivity index (χ1) is 31.0. The maximum Gasteiger partial charge on any atom is 0.306 e. The van der Waals surface area contributed by atoms with Crippen LogP contribution in [0.2, 0.25) is 0 Å². The zero-order valence-corrected chi connectivity index (χ0v) is 41.7. The molecule has 0 heterocycles. The summed E-state index contributed by atoms with van der Waals surface area (Å²) in [6.07, 6.45) is 33.9. The Balaban J connectivity index is 4.35. The largest absolute Gasteiger partial charge is 0.463 e. The third-order valence-electron chi connectivity index (χ3n) is 11.4. The van der Waals surface area contributed by atoms with Gasteiger partial charge < -0.3 is 43.0 Å². The molecular formula is C52H102O11. The molecule has 376 valence electrons. The van der Waals surface area contributed by atoms with E-state index in [9.17, 15) is 9.59 Å². The summed E-state index contributed by atoms with van der Waals surface area (Å²) in [6.45, 7) is 14.2. The molecule has 0 aromatic heterocycles. The summed E-state index contributed by atoms with van der Waals surface area (Å²) in [5.41, 5.74) is 0. The Morgan fingerprint density at radius 2 is 0.762 bits per heavy atom. The molecule has 0 spiro atoms. The predicted octanol–water partition coefficient (Wildman–Crippen LogP) is 12.4. The van der Waals surface area contributed by atoms with Crippen LogP contribution in [-0.2, 0) is 47.5 Å². The lowest BCUT2D eigenvalue weighted by molar-refractivity contribution is -0.150. The van der Waals surface area contributed by atoms with Crippen LogP contribution in [0, 0.1) is 0 Å². The summed E-state index contributed by atoms with van der Waals surface area (Å²) in [5, 5.41) is 8.75. The maximum absolute atomic E-state index is 12.7. The van der Waals surface area contributed by atoms with Crippen molar-refractivity contribution in [3.05, 3.63) is 0 Å². The second-order valence-corrected chi connectivity index (χ2v) is 17.6. The van der Waals surface area contributed by atoms with Gasteiger partial charge in [0.2, 0.25) is 0 Å². The molecule has 3 unspecified atom stereocenters. The Morgan fingerprint density at radius 1 is 0.381 bits per heavy atom. The number of hydrogen-bond donors (Lipinski definition) is 1. The first-order valence-electron chi connectivity index (χ1n) is 26.5. The van der Waals surface area contributed by atoms with Gasteiger partial charge in [-0.3, -0.25) is 9.59 Å². The van der Waals surface area contributed by atoms with Gasteiger partial charge in [0.05, 0.1) is 72.2 Å². The number of aliphatic hydroxyl groups is 1. The van der Waals surface area contributed by atoms with Crippen LogP contribution in [0.4, 0.5) is 0 Å². The SMILES string of the molecule is CCCCCCCCC(C)OC(=O)CCCCCCCOC(COCCCCCCCC(=O)OC(CCCCCC)CCCCCCCC)COCCOCCOCCOCCO. The van der Waals surface area contributed by atoms with Crippen LogP contribution in [0.25, 0.3) is 0 Å². The highest BCUT2D eigenvalue weighted by molar-refractivity contribution is 5.69. The van der Waals surface area contributed by atoms with Gasteiger partial charge in [-0.25, -0.2) is 0 Å². The van der Waals surface area contributed by atoms with E-state index in [-0.39, 0.29) is 36.9 Å². The first kappa shape index (κ1) is 61.7. The Bertz CT molecular complexity index is 923. The van der Waals surface area contributed by atoms with Crippen LogP contribution in [0.1, 0.15) is 227 Å². The van der Waals surface area contributed by atoms with Gasteiger partial charge in [-0.15, -0.1) is 0 Å². The van der Waals surface area contributed by atoms with Crippen molar-refractivity contribution in [2.24, 2.45) is 0 Å². The van der Waals surface area contributed by atoms with Crippen LogP contribution in [0.5, 0.6) is 0 Å².